The van der Waals surface area contributed by atoms with E-state index < -0.39 is 0 Å². The van der Waals surface area contributed by atoms with Crippen molar-refractivity contribution in [2.24, 2.45) is 5.10 Å². The Morgan fingerprint density at radius 3 is 2.60 bits per heavy atom. The topological polar surface area (TPSA) is 61.7 Å². The molecule has 0 aliphatic heterocycles. The van der Waals surface area contributed by atoms with E-state index in [2.05, 4.69) is 33.1 Å². The van der Waals surface area contributed by atoms with Crippen LogP contribution in [-0.4, -0.2) is 17.2 Å². The monoisotopic (exact) mass is 492 g/mol. The third kappa shape index (κ3) is 3.92. The molecule has 0 bridgehead atoms. The highest BCUT2D eigenvalue weighted by atomic mass is 127. The van der Waals surface area contributed by atoms with Crippen molar-refractivity contribution in [2.45, 2.75) is 0 Å². The van der Waals surface area contributed by atoms with Gasteiger partial charge < -0.3 is 5.11 Å². The second kappa shape index (κ2) is 7.02. The summed E-state index contributed by atoms with van der Waals surface area (Å²) >= 11 is 4.19. The number of rotatable bonds is 3. The number of benzene rings is 2. The first-order chi connectivity index (χ1) is 9.58. The van der Waals surface area contributed by atoms with Crippen LogP contribution in [0, 0.1) is 7.14 Å². The summed E-state index contributed by atoms with van der Waals surface area (Å²) in [5, 5.41) is 13.5. The molecule has 0 fully saturated rings. The fraction of sp³-hybridized carbons (Fsp3) is 0. The number of halogens is 2. The Bertz CT molecular complexity index is 672. The van der Waals surface area contributed by atoms with Gasteiger partial charge >= 0.3 is 0 Å². The van der Waals surface area contributed by atoms with Crippen molar-refractivity contribution in [3.8, 4) is 5.75 Å². The second-order valence-corrected chi connectivity index (χ2v) is 6.21. The molecule has 0 radical (unpaired) electrons. The molecule has 20 heavy (non-hydrogen) atoms. The number of hydrogen-bond acceptors (Lipinski definition) is 3. The number of nitrogens with one attached hydrogen (secondary N) is 1. The molecule has 0 saturated heterocycles. The van der Waals surface area contributed by atoms with Crippen LogP contribution in [0.25, 0.3) is 0 Å². The molecule has 0 spiro atoms. The molecule has 2 aromatic rings. The van der Waals surface area contributed by atoms with Gasteiger partial charge in [-0.1, -0.05) is 18.2 Å². The number of amides is 1. The molecule has 4 nitrogen and oxygen atoms in total. The Morgan fingerprint density at radius 1 is 1.15 bits per heavy atom. The van der Waals surface area contributed by atoms with E-state index in [0.29, 0.717) is 9.13 Å². The Balaban J connectivity index is 2.05. The van der Waals surface area contributed by atoms with Crippen LogP contribution in [0.1, 0.15) is 15.9 Å². The van der Waals surface area contributed by atoms with Crippen molar-refractivity contribution in [1.82, 2.24) is 5.43 Å². The minimum Gasteiger partial charge on any atom is -0.507 e. The lowest BCUT2D eigenvalue weighted by atomic mass is 10.2. The smallest absolute Gasteiger partial charge is 0.271 e. The highest BCUT2D eigenvalue weighted by Crippen LogP contribution is 2.20. The van der Waals surface area contributed by atoms with E-state index in [-0.39, 0.29) is 11.7 Å². The molecular formula is C14H10I2N2O2. The summed E-state index contributed by atoms with van der Waals surface area (Å²) in [4.78, 5) is 11.8. The fourth-order valence-electron chi connectivity index (χ4n) is 1.46. The maximum atomic E-state index is 11.8. The van der Waals surface area contributed by atoms with Crippen molar-refractivity contribution in [2.75, 3.05) is 0 Å². The van der Waals surface area contributed by atoms with Crippen LogP contribution in [0.4, 0.5) is 0 Å². The van der Waals surface area contributed by atoms with Crippen molar-refractivity contribution in [3.63, 3.8) is 0 Å². The van der Waals surface area contributed by atoms with Gasteiger partial charge in [0.2, 0.25) is 0 Å². The van der Waals surface area contributed by atoms with Crippen LogP contribution >= 0.6 is 45.2 Å². The van der Waals surface area contributed by atoms with Gasteiger partial charge in [0, 0.05) is 14.7 Å². The lowest BCUT2D eigenvalue weighted by Crippen LogP contribution is -2.17. The Kier molecular flexibility index (Phi) is 5.35. The van der Waals surface area contributed by atoms with Crippen molar-refractivity contribution < 1.29 is 9.90 Å². The number of carbonyl (C=O) groups is 1. The summed E-state index contributed by atoms with van der Waals surface area (Å²) in [5.74, 6) is -0.279. The average Bonchev–Trinajstić information content (AvgIpc) is 2.44. The number of hydrogen-bond donors (Lipinski definition) is 2. The van der Waals surface area contributed by atoms with E-state index in [9.17, 15) is 9.90 Å². The van der Waals surface area contributed by atoms with E-state index in [4.69, 9.17) is 0 Å². The standard InChI is InChI=1S/C14H10I2N2O2/c15-11-4-2-1-3-10(11)8-17-18-14(20)9-5-6-12(16)13(19)7-9/h1-8,19H,(H,18,20)/b17-8-. The lowest BCUT2D eigenvalue weighted by Gasteiger charge is -2.02. The zero-order valence-electron chi connectivity index (χ0n) is 10.2. The zero-order chi connectivity index (χ0) is 14.5. The molecule has 0 aliphatic rings. The molecule has 2 rings (SSSR count). The summed E-state index contributed by atoms with van der Waals surface area (Å²) in [6.45, 7) is 0. The van der Waals surface area contributed by atoms with E-state index in [0.717, 1.165) is 9.13 Å². The first-order valence-electron chi connectivity index (χ1n) is 5.64. The fourth-order valence-corrected chi connectivity index (χ4v) is 2.32. The first-order valence-corrected chi connectivity index (χ1v) is 7.80. The van der Waals surface area contributed by atoms with Gasteiger partial charge in [-0.2, -0.15) is 5.10 Å². The van der Waals surface area contributed by atoms with E-state index in [1.165, 1.54) is 6.07 Å². The molecule has 2 N–H and O–H groups in total. The Labute approximate surface area is 143 Å². The summed E-state index contributed by atoms with van der Waals surface area (Å²) in [5.41, 5.74) is 3.73. The molecule has 1 amide bonds. The molecule has 0 saturated carbocycles. The minimum atomic E-state index is -0.362. The number of aromatic hydroxyl groups is 1. The largest absolute Gasteiger partial charge is 0.507 e. The first kappa shape index (κ1) is 15.2. The number of carbonyl (C=O) groups excluding carboxylic acids is 1. The highest BCUT2D eigenvalue weighted by Gasteiger charge is 2.07. The van der Waals surface area contributed by atoms with Gasteiger partial charge in [-0.3, -0.25) is 4.79 Å². The molecular weight excluding hydrogens is 482 g/mol. The van der Waals surface area contributed by atoms with Crippen molar-refractivity contribution in [1.29, 1.82) is 0 Å². The summed E-state index contributed by atoms with van der Waals surface area (Å²) in [6.07, 6.45) is 1.59. The maximum Gasteiger partial charge on any atom is 0.271 e. The number of phenolic OH excluding ortho intramolecular Hbond substituents is 1. The normalized spacial score (nSPS) is 10.7. The predicted molar refractivity (Wildman–Crippen MR) is 95.0 cm³/mol. The SMILES string of the molecule is O=C(N/N=C\c1ccccc1I)c1ccc(I)c(O)c1. The quantitative estimate of drug-likeness (QED) is 0.393. The molecule has 0 unspecified atom stereocenters. The lowest BCUT2D eigenvalue weighted by molar-refractivity contribution is 0.0954. The van der Waals surface area contributed by atoms with E-state index >= 15 is 0 Å². The van der Waals surface area contributed by atoms with Crippen LogP contribution in [0.2, 0.25) is 0 Å². The van der Waals surface area contributed by atoms with Crippen LogP contribution in [-0.2, 0) is 0 Å². The van der Waals surface area contributed by atoms with Crippen LogP contribution in [0.15, 0.2) is 47.6 Å². The van der Waals surface area contributed by atoms with Gasteiger partial charge in [0.1, 0.15) is 5.75 Å². The Morgan fingerprint density at radius 2 is 1.90 bits per heavy atom. The van der Waals surface area contributed by atoms with Crippen molar-refractivity contribution in [3.05, 3.63) is 60.7 Å². The molecule has 6 heteroatoms. The zero-order valence-corrected chi connectivity index (χ0v) is 14.5. The van der Waals surface area contributed by atoms with Crippen LogP contribution < -0.4 is 5.43 Å². The van der Waals surface area contributed by atoms with Gasteiger partial charge in [-0.25, -0.2) is 5.43 Å². The molecule has 0 heterocycles. The van der Waals surface area contributed by atoms with Gasteiger partial charge in [0.15, 0.2) is 0 Å². The second-order valence-electron chi connectivity index (χ2n) is 3.89. The van der Waals surface area contributed by atoms with Crippen LogP contribution in [0.5, 0.6) is 5.75 Å². The van der Waals surface area contributed by atoms with E-state index in [1.54, 1.807) is 18.3 Å². The predicted octanol–water partition coefficient (Wildman–Crippen LogP) is 3.37. The summed E-state index contributed by atoms with van der Waals surface area (Å²) in [7, 11) is 0. The number of phenols is 1. The number of nitrogens with zero attached hydrogens (tertiary/aromatic N) is 1. The van der Waals surface area contributed by atoms with Gasteiger partial charge in [0.25, 0.3) is 5.91 Å². The minimum absolute atomic E-state index is 0.0832. The van der Waals surface area contributed by atoms with Gasteiger partial charge in [-0.05, 0) is 69.4 Å². The van der Waals surface area contributed by atoms with Crippen molar-refractivity contribution >= 4 is 57.3 Å². The molecule has 102 valence electrons. The molecule has 0 aromatic heterocycles. The maximum absolute atomic E-state index is 11.8. The number of hydrazone groups is 1. The third-order valence-electron chi connectivity index (χ3n) is 2.48. The highest BCUT2D eigenvalue weighted by molar-refractivity contribution is 14.1. The Hall–Kier alpha value is -1.16. The molecule has 0 aliphatic carbocycles. The van der Waals surface area contributed by atoms with Gasteiger partial charge in [-0.15, -0.1) is 0 Å². The third-order valence-corrected chi connectivity index (χ3v) is 4.38. The summed E-state index contributed by atoms with van der Waals surface area (Å²) < 4.78 is 1.75. The molecule has 2 aromatic carbocycles. The van der Waals surface area contributed by atoms with Gasteiger partial charge in [0.05, 0.1) is 9.78 Å². The van der Waals surface area contributed by atoms with Crippen LogP contribution in [0.3, 0.4) is 0 Å². The summed E-state index contributed by atoms with van der Waals surface area (Å²) in [6, 6.07) is 12.4. The average molecular weight is 492 g/mol. The molecule has 0 atom stereocenters. The van der Waals surface area contributed by atoms with E-state index in [1.807, 2.05) is 46.9 Å².